The van der Waals surface area contributed by atoms with E-state index in [1.165, 1.54) is 17.8 Å². The normalized spacial score (nSPS) is 23.8. The number of rotatable bonds is 3. The highest BCUT2D eigenvalue weighted by Gasteiger charge is 2.31. The minimum atomic E-state index is -0.868. The van der Waals surface area contributed by atoms with Crippen LogP contribution in [-0.2, 0) is 4.79 Å². The summed E-state index contributed by atoms with van der Waals surface area (Å²) in [6, 6.07) is 3.75. The van der Waals surface area contributed by atoms with Crippen LogP contribution in [0.1, 0.15) is 12.8 Å². The lowest BCUT2D eigenvalue weighted by atomic mass is 9.92. The number of hydrogen-bond donors (Lipinski definition) is 1. The van der Waals surface area contributed by atoms with Crippen molar-refractivity contribution in [1.29, 1.82) is 0 Å². The molecule has 2 heterocycles. The van der Waals surface area contributed by atoms with Crippen molar-refractivity contribution in [3.8, 4) is 0 Å². The second-order valence-corrected chi connectivity index (χ2v) is 7.05. The molecule has 2 atom stereocenters. The van der Waals surface area contributed by atoms with E-state index in [9.17, 15) is 13.6 Å². The molecule has 0 radical (unpaired) electrons. The summed E-state index contributed by atoms with van der Waals surface area (Å²) < 4.78 is 26.0. The van der Waals surface area contributed by atoms with E-state index in [0.717, 1.165) is 51.2 Å². The molecule has 2 aliphatic heterocycles. The fourth-order valence-corrected chi connectivity index (χ4v) is 4.09. The molecule has 2 saturated heterocycles. The molecule has 0 spiro atoms. The Morgan fingerprint density at radius 1 is 1.17 bits per heavy atom. The smallest absolute Gasteiger partial charge is 0.232 e. The van der Waals surface area contributed by atoms with Gasteiger partial charge in [0, 0.05) is 18.0 Å². The number of benzene rings is 1. The molecule has 3 rings (SSSR count). The molecule has 0 bridgehead atoms. The summed E-state index contributed by atoms with van der Waals surface area (Å²) in [6.07, 6.45) is 2.11. The number of fused-ring (bicyclic) bond motifs is 1. The third-order valence-corrected chi connectivity index (χ3v) is 5.60. The largest absolute Gasteiger partial charge is 0.342 e. The summed E-state index contributed by atoms with van der Waals surface area (Å²) in [5.74, 6) is 0.0189. The number of likely N-dealkylation sites (tertiary alicyclic amines) is 1. The molecular formula is C16H21ClF2N2OS. The molecule has 0 unspecified atom stereocenters. The van der Waals surface area contributed by atoms with Crippen LogP contribution in [0.2, 0.25) is 0 Å². The van der Waals surface area contributed by atoms with Gasteiger partial charge in [0.05, 0.1) is 5.75 Å². The number of hydrogen-bond acceptors (Lipinski definition) is 3. The Bertz CT molecular complexity index is 547. The van der Waals surface area contributed by atoms with Gasteiger partial charge in [0.15, 0.2) is 11.6 Å². The molecule has 0 aliphatic carbocycles. The topological polar surface area (TPSA) is 32.3 Å². The highest BCUT2D eigenvalue weighted by molar-refractivity contribution is 8.00. The van der Waals surface area contributed by atoms with E-state index < -0.39 is 11.6 Å². The van der Waals surface area contributed by atoms with Crippen molar-refractivity contribution < 1.29 is 13.6 Å². The van der Waals surface area contributed by atoms with Crippen LogP contribution in [0.15, 0.2) is 23.1 Å². The third kappa shape index (κ3) is 4.58. The summed E-state index contributed by atoms with van der Waals surface area (Å²) >= 11 is 1.26. The second-order valence-electron chi connectivity index (χ2n) is 6.00. The van der Waals surface area contributed by atoms with E-state index in [-0.39, 0.29) is 24.1 Å². The van der Waals surface area contributed by atoms with Gasteiger partial charge in [-0.1, -0.05) is 0 Å². The minimum Gasteiger partial charge on any atom is -0.342 e. The number of carbonyl (C=O) groups excluding carboxylic acids is 1. The molecular weight excluding hydrogens is 342 g/mol. The molecule has 1 amide bonds. The Hall–Kier alpha value is -0.850. The zero-order valence-electron chi connectivity index (χ0n) is 12.8. The van der Waals surface area contributed by atoms with Crippen molar-refractivity contribution in [2.24, 2.45) is 11.8 Å². The van der Waals surface area contributed by atoms with Gasteiger partial charge in [0.2, 0.25) is 5.91 Å². The maximum absolute atomic E-state index is 13.2. The fourth-order valence-electron chi connectivity index (χ4n) is 3.27. The Morgan fingerprint density at radius 2 is 1.83 bits per heavy atom. The van der Waals surface area contributed by atoms with Crippen LogP contribution in [0.4, 0.5) is 8.78 Å². The van der Waals surface area contributed by atoms with Crippen molar-refractivity contribution in [2.75, 3.05) is 31.9 Å². The first kappa shape index (κ1) is 18.5. The van der Waals surface area contributed by atoms with Gasteiger partial charge >= 0.3 is 0 Å². The number of halogens is 3. The maximum atomic E-state index is 13.2. The van der Waals surface area contributed by atoms with E-state index >= 15 is 0 Å². The van der Waals surface area contributed by atoms with Gasteiger partial charge < -0.3 is 10.2 Å². The Kier molecular flexibility index (Phi) is 6.68. The molecule has 1 aromatic carbocycles. The first-order valence-corrected chi connectivity index (χ1v) is 8.68. The van der Waals surface area contributed by atoms with Crippen LogP contribution in [0.3, 0.4) is 0 Å². The van der Waals surface area contributed by atoms with Gasteiger partial charge in [-0.25, -0.2) is 8.78 Å². The summed E-state index contributed by atoms with van der Waals surface area (Å²) in [5.41, 5.74) is 0. The quantitative estimate of drug-likeness (QED) is 0.839. The number of thioether (sulfide) groups is 1. The van der Waals surface area contributed by atoms with Crippen LogP contribution in [0.25, 0.3) is 0 Å². The fraction of sp³-hybridized carbons (Fsp3) is 0.562. The van der Waals surface area contributed by atoms with E-state index in [4.69, 9.17) is 0 Å². The van der Waals surface area contributed by atoms with Gasteiger partial charge in [0.25, 0.3) is 0 Å². The van der Waals surface area contributed by atoms with Crippen molar-refractivity contribution in [2.45, 2.75) is 17.7 Å². The lowest BCUT2D eigenvalue weighted by Crippen LogP contribution is -2.34. The predicted molar refractivity (Wildman–Crippen MR) is 90.0 cm³/mol. The zero-order valence-corrected chi connectivity index (χ0v) is 14.4. The monoisotopic (exact) mass is 362 g/mol. The molecule has 2 aliphatic rings. The Balaban J connectivity index is 0.00000192. The average Bonchev–Trinajstić information content (AvgIpc) is 2.87. The minimum absolute atomic E-state index is 0. The van der Waals surface area contributed by atoms with Gasteiger partial charge in [-0.15, -0.1) is 24.2 Å². The van der Waals surface area contributed by atoms with E-state index in [2.05, 4.69) is 5.32 Å². The second kappa shape index (κ2) is 8.31. The lowest BCUT2D eigenvalue weighted by molar-refractivity contribution is -0.128. The van der Waals surface area contributed by atoms with Crippen molar-refractivity contribution in [3.05, 3.63) is 29.8 Å². The molecule has 1 aromatic rings. The van der Waals surface area contributed by atoms with Crippen molar-refractivity contribution >= 4 is 30.1 Å². The van der Waals surface area contributed by atoms with Gasteiger partial charge in [0.1, 0.15) is 0 Å². The molecule has 3 nitrogen and oxygen atoms in total. The van der Waals surface area contributed by atoms with Gasteiger partial charge in [-0.05, 0) is 56.0 Å². The highest BCUT2D eigenvalue weighted by atomic mass is 35.5. The first-order valence-electron chi connectivity index (χ1n) is 7.70. The predicted octanol–water partition coefficient (Wildman–Crippen LogP) is 2.94. The standard InChI is InChI=1S/C16H20F2N2OS.ClH/c17-14-2-1-13(7-15(14)18)22-10-16(21)20-5-3-11-8-19-9-12(11)4-6-20;/h1-2,7,11-12,19H,3-6,8-10H2;1H/t11-,12+;. The van der Waals surface area contributed by atoms with E-state index in [1.54, 1.807) is 0 Å². The summed E-state index contributed by atoms with van der Waals surface area (Å²) in [4.78, 5) is 14.8. The van der Waals surface area contributed by atoms with Crippen molar-refractivity contribution in [3.63, 3.8) is 0 Å². The van der Waals surface area contributed by atoms with E-state index in [1.807, 2.05) is 4.90 Å². The van der Waals surface area contributed by atoms with Crippen LogP contribution in [0.5, 0.6) is 0 Å². The first-order chi connectivity index (χ1) is 10.6. The molecule has 7 heteroatoms. The SMILES string of the molecule is Cl.O=C(CSc1ccc(F)c(F)c1)N1CC[C@@H]2CNC[C@@H]2CC1. The Labute approximate surface area is 145 Å². The molecule has 0 aromatic heterocycles. The summed E-state index contributed by atoms with van der Waals surface area (Å²) in [5, 5.41) is 3.42. The average molecular weight is 363 g/mol. The number of nitrogens with one attached hydrogen (secondary N) is 1. The van der Waals surface area contributed by atoms with Gasteiger partial charge in [-0.2, -0.15) is 0 Å². The van der Waals surface area contributed by atoms with Crippen LogP contribution >= 0.6 is 24.2 Å². The van der Waals surface area contributed by atoms with Gasteiger partial charge in [-0.3, -0.25) is 4.79 Å². The number of carbonyl (C=O) groups is 1. The number of amides is 1. The molecule has 2 fully saturated rings. The molecule has 1 N–H and O–H groups in total. The van der Waals surface area contributed by atoms with Crippen LogP contribution in [0, 0.1) is 23.5 Å². The maximum Gasteiger partial charge on any atom is 0.232 e. The molecule has 128 valence electrons. The highest BCUT2D eigenvalue weighted by Crippen LogP contribution is 2.28. The van der Waals surface area contributed by atoms with Crippen LogP contribution in [-0.4, -0.2) is 42.7 Å². The Morgan fingerprint density at radius 3 is 2.43 bits per heavy atom. The van der Waals surface area contributed by atoms with Crippen LogP contribution < -0.4 is 5.32 Å². The van der Waals surface area contributed by atoms with Crippen molar-refractivity contribution in [1.82, 2.24) is 10.2 Å². The molecule has 0 saturated carbocycles. The zero-order chi connectivity index (χ0) is 15.5. The molecule has 23 heavy (non-hydrogen) atoms. The summed E-state index contributed by atoms with van der Waals surface area (Å²) in [7, 11) is 0. The number of nitrogens with zero attached hydrogens (tertiary/aromatic N) is 1. The summed E-state index contributed by atoms with van der Waals surface area (Å²) in [6.45, 7) is 3.74. The lowest BCUT2D eigenvalue weighted by Gasteiger charge is -2.20. The third-order valence-electron chi connectivity index (χ3n) is 4.63. The van der Waals surface area contributed by atoms with E-state index in [0.29, 0.717) is 16.7 Å².